The maximum Gasteiger partial charge on any atom is 0.341 e. The zero-order chi connectivity index (χ0) is 10.7. The molecular formula is C8H8O5S. The van der Waals surface area contributed by atoms with Crippen LogP contribution >= 0.6 is 0 Å². The van der Waals surface area contributed by atoms with E-state index in [1.165, 1.54) is 6.07 Å². The van der Waals surface area contributed by atoms with Crippen LogP contribution in [0.1, 0.15) is 10.4 Å². The van der Waals surface area contributed by atoms with Crippen molar-refractivity contribution in [3.63, 3.8) is 0 Å². The third kappa shape index (κ3) is 2.09. The van der Waals surface area contributed by atoms with Crippen molar-refractivity contribution in [3.8, 4) is 5.75 Å². The van der Waals surface area contributed by atoms with E-state index in [4.69, 9.17) is 4.55 Å². The Morgan fingerprint density at radius 3 is 2.64 bits per heavy atom. The van der Waals surface area contributed by atoms with Crippen molar-refractivity contribution >= 4 is 17.0 Å². The van der Waals surface area contributed by atoms with E-state index >= 15 is 0 Å². The van der Waals surface area contributed by atoms with E-state index in [0.717, 1.165) is 19.2 Å². The SMILES string of the molecule is COC(=O)c1cc(S(=O)O)ccc1O. The average molecular weight is 216 g/mol. The van der Waals surface area contributed by atoms with Gasteiger partial charge in [0.25, 0.3) is 0 Å². The van der Waals surface area contributed by atoms with Gasteiger partial charge in [-0.1, -0.05) is 0 Å². The van der Waals surface area contributed by atoms with Crippen molar-refractivity contribution < 1.29 is 23.4 Å². The molecule has 6 heteroatoms. The maximum absolute atomic E-state index is 11.0. The first-order chi connectivity index (χ1) is 6.56. The molecule has 0 aliphatic rings. The summed E-state index contributed by atoms with van der Waals surface area (Å²) in [4.78, 5) is 11.1. The Balaban J connectivity index is 3.21. The minimum Gasteiger partial charge on any atom is -0.507 e. The molecule has 14 heavy (non-hydrogen) atoms. The van der Waals surface area contributed by atoms with Crippen LogP contribution in [-0.2, 0) is 15.8 Å². The van der Waals surface area contributed by atoms with Crippen molar-refractivity contribution in [2.45, 2.75) is 4.90 Å². The third-order valence-corrected chi connectivity index (χ3v) is 2.23. The number of phenolic OH excluding ortho intramolecular Hbond substituents is 1. The molecule has 1 unspecified atom stereocenters. The minimum atomic E-state index is -2.18. The quantitative estimate of drug-likeness (QED) is 0.563. The molecule has 5 nitrogen and oxygen atoms in total. The number of phenols is 1. The summed E-state index contributed by atoms with van der Waals surface area (Å²) in [5, 5.41) is 9.24. The third-order valence-electron chi connectivity index (χ3n) is 1.57. The van der Waals surface area contributed by atoms with Gasteiger partial charge in [0.2, 0.25) is 0 Å². The first-order valence-electron chi connectivity index (χ1n) is 3.58. The van der Waals surface area contributed by atoms with Gasteiger partial charge in [-0.15, -0.1) is 0 Å². The number of aromatic hydroxyl groups is 1. The number of methoxy groups -OCH3 is 1. The van der Waals surface area contributed by atoms with Crippen LogP contribution in [0.3, 0.4) is 0 Å². The Labute approximate surface area is 82.6 Å². The van der Waals surface area contributed by atoms with Gasteiger partial charge < -0.3 is 14.4 Å². The summed E-state index contributed by atoms with van der Waals surface area (Å²) >= 11 is -2.18. The predicted octanol–water partition coefficient (Wildman–Crippen LogP) is 0.759. The first kappa shape index (κ1) is 10.7. The molecular weight excluding hydrogens is 208 g/mol. The van der Waals surface area contributed by atoms with E-state index in [0.29, 0.717) is 0 Å². The second kappa shape index (κ2) is 4.21. The van der Waals surface area contributed by atoms with Crippen LogP contribution in [0, 0.1) is 0 Å². The van der Waals surface area contributed by atoms with Gasteiger partial charge in [0.05, 0.1) is 12.0 Å². The van der Waals surface area contributed by atoms with Gasteiger partial charge >= 0.3 is 5.97 Å². The monoisotopic (exact) mass is 216 g/mol. The molecule has 2 N–H and O–H groups in total. The van der Waals surface area contributed by atoms with Gasteiger partial charge in [0.15, 0.2) is 11.1 Å². The summed E-state index contributed by atoms with van der Waals surface area (Å²) in [6, 6.07) is 3.52. The average Bonchev–Trinajstić information content (AvgIpc) is 2.17. The fourth-order valence-corrected chi connectivity index (χ4v) is 1.30. The molecule has 1 aromatic carbocycles. The molecule has 0 aromatic heterocycles. The van der Waals surface area contributed by atoms with E-state index in [1.54, 1.807) is 0 Å². The van der Waals surface area contributed by atoms with Crippen molar-refractivity contribution in [2.75, 3.05) is 7.11 Å². The number of esters is 1. The Morgan fingerprint density at radius 2 is 2.14 bits per heavy atom. The minimum absolute atomic E-state index is 0.0307. The van der Waals surface area contributed by atoms with E-state index in [2.05, 4.69) is 4.74 Å². The fourth-order valence-electron chi connectivity index (χ4n) is 0.897. The van der Waals surface area contributed by atoms with Gasteiger partial charge in [0.1, 0.15) is 11.3 Å². The van der Waals surface area contributed by atoms with E-state index in [-0.39, 0.29) is 16.2 Å². The van der Waals surface area contributed by atoms with Crippen LogP contribution in [-0.4, -0.2) is 26.9 Å². The smallest absolute Gasteiger partial charge is 0.341 e. The Morgan fingerprint density at radius 1 is 1.50 bits per heavy atom. The second-order valence-corrected chi connectivity index (χ2v) is 3.39. The number of carbonyl (C=O) groups is 1. The number of ether oxygens (including phenoxy) is 1. The van der Waals surface area contributed by atoms with Gasteiger partial charge in [-0.3, -0.25) is 0 Å². The van der Waals surface area contributed by atoms with Crippen molar-refractivity contribution in [2.24, 2.45) is 0 Å². The zero-order valence-corrected chi connectivity index (χ0v) is 8.08. The lowest BCUT2D eigenvalue weighted by atomic mass is 10.2. The number of hydrogen-bond acceptors (Lipinski definition) is 4. The number of rotatable bonds is 2. The summed E-state index contributed by atoms with van der Waals surface area (Å²) in [6.07, 6.45) is 0. The molecule has 0 radical (unpaired) electrons. The van der Waals surface area contributed by atoms with Crippen LogP contribution in [0.5, 0.6) is 5.75 Å². The molecule has 1 aromatic rings. The highest BCUT2D eigenvalue weighted by molar-refractivity contribution is 7.79. The molecule has 0 aliphatic heterocycles. The molecule has 1 rings (SSSR count). The van der Waals surface area contributed by atoms with Gasteiger partial charge in [-0.25, -0.2) is 9.00 Å². The summed E-state index contributed by atoms with van der Waals surface area (Å²) in [6.45, 7) is 0. The lowest BCUT2D eigenvalue weighted by Crippen LogP contribution is -2.02. The lowest BCUT2D eigenvalue weighted by molar-refractivity contribution is 0.0597. The zero-order valence-electron chi connectivity index (χ0n) is 7.26. The lowest BCUT2D eigenvalue weighted by Gasteiger charge is -2.03. The van der Waals surface area contributed by atoms with Crippen molar-refractivity contribution in [1.29, 1.82) is 0 Å². The highest BCUT2D eigenvalue weighted by atomic mass is 32.2. The van der Waals surface area contributed by atoms with Crippen LogP contribution in [0.4, 0.5) is 0 Å². The number of carbonyl (C=O) groups excluding carboxylic acids is 1. The van der Waals surface area contributed by atoms with Crippen LogP contribution in [0.25, 0.3) is 0 Å². The highest BCUT2D eigenvalue weighted by Gasteiger charge is 2.13. The van der Waals surface area contributed by atoms with Gasteiger partial charge in [-0.2, -0.15) is 0 Å². The Hall–Kier alpha value is -1.40. The second-order valence-electron chi connectivity index (χ2n) is 2.42. The molecule has 0 fully saturated rings. The van der Waals surface area contributed by atoms with E-state index in [9.17, 15) is 14.1 Å². The first-order valence-corrected chi connectivity index (χ1v) is 4.69. The van der Waals surface area contributed by atoms with Gasteiger partial charge in [-0.05, 0) is 18.2 Å². The molecule has 0 aliphatic carbocycles. The highest BCUT2D eigenvalue weighted by Crippen LogP contribution is 2.20. The van der Waals surface area contributed by atoms with E-state index in [1.807, 2.05) is 0 Å². The molecule has 0 heterocycles. The largest absolute Gasteiger partial charge is 0.507 e. The maximum atomic E-state index is 11.0. The van der Waals surface area contributed by atoms with Crippen LogP contribution in [0.15, 0.2) is 23.1 Å². The molecule has 76 valence electrons. The fraction of sp³-hybridized carbons (Fsp3) is 0.125. The predicted molar refractivity (Wildman–Crippen MR) is 48.5 cm³/mol. The molecule has 0 spiro atoms. The summed E-state index contributed by atoms with van der Waals surface area (Å²) in [5.74, 6) is -1.04. The molecule has 0 saturated heterocycles. The molecule has 0 bridgehead atoms. The number of hydrogen-bond donors (Lipinski definition) is 2. The Bertz CT molecular complexity index is 387. The van der Waals surface area contributed by atoms with Gasteiger partial charge in [0, 0.05) is 0 Å². The normalized spacial score (nSPS) is 12.1. The molecule has 0 amide bonds. The molecule has 1 atom stereocenters. The summed E-state index contributed by atoms with van der Waals surface area (Å²) in [5.41, 5.74) is -0.132. The van der Waals surface area contributed by atoms with E-state index < -0.39 is 17.0 Å². The topological polar surface area (TPSA) is 83.8 Å². The number of benzene rings is 1. The van der Waals surface area contributed by atoms with Crippen molar-refractivity contribution in [3.05, 3.63) is 23.8 Å². The summed E-state index contributed by atoms with van der Waals surface area (Å²) < 4.78 is 23.8. The molecule has 0 saturated carbocycles. The Kier molecular flexibility index (Phi) is 3.21. The van der Waals surface area contributed by atoms with Crippen molar-refractivity contribution in [1.82, 2.24) is 0 Å². The van der Waals surface area contributed by atoms with Crippen LogP contribution < -0.4 is 0 Å². The van der Waals surface area contributed by atoms with Crippen LogP contribution in [0.2, 0.25) is 0 Å². The summed E-state index contributed by atoms with van der Waals surface area (Å²) in [7, 11) is 1.16. The standard InChI is InChI=1S/C8H8O5S/c1-13-8(10)6-4-5(14(11)12)2-3-7(6)9/h2-4,9H,1H3,(H,11,12).